The number of hydrogen-bond acceptors (Lipinski definition) is 5. The van der Waals surface area contributed by atoms with Crippen LogP contribution in [-0.4, -0.2) is 43.7 Å². The first-order chi connectivity index (χ1) is 13.0. The highest BCUT2D eigenvalue weighted by atomic mass is 16.5. The van der Waals surface area contributed by atoms with Gasteiger partial charge < -0.3 is 19.5 Å². The molecule has 2 unspecified atom stereocenters. The minimum Gasteiger partial charge on any atom is -0.497 e. The molecule has 2 atom stereocenters. The number of aliphatic hydroxyl groups is 1. The normalized spacial score (nSPS) is 21.5. The molecule has 1 N–H and O–H groups in total. The number of nitrogens with zero attached hydrogens (tertiary/aromatic N) is 1. The van der Waals surface area contributed by atoms with Crippen molar-refractivity contribution in [1.82, 2.24) is 0 Å². The van der Waals surface area contributed by atoms with E-state index in [1.807, 2.05) is 24.3 Å². The quantitative estimate of drug-likeness (QED) is 0.899. The van der Waals surface area contributed by atoms with Gasteiger partial charge in [0.05, 0.1) is 14.2 Å². The summed E-state index contributed by atoms with van der Waals surface area (Å²) in [6, 6.07) is 11.2. The molecule has 1 fully saturated rings. The highest BCUT2D eigenvalue weighted by Crippen LogP contribution is 2.45. The molecule has 2 aromatic rings. The van der Waals surface area contributed by atoms with Gasteiger partial charge in [0, 0.05) is 48.2 Å². The molecule has 0 aromatic heterocycles. The molecular formula is C21H21NO5. The second-order valence-corrected chi connectivity index (χ2v) is 6.86. The summed E-state index contributed by atoms with van der Waals surface area (Å²) >= 11 is 0. The molecule has 27 heavy (non-hydrogen) atoms. The van der Waals surface area contributed by atoms with Gasteiger partial charge in [-0.05, 0) is 23.8 Å². The monoisotopic (exact) mass is 367 g/mol. The Balaban J connectivity index is 1.77. The Morgan fingerprint density at radius 3 is 2.41 bits per heavy atom. The molecule has 1 amide bonds. The van der Waals surface area contributed by atoms with Crippen molar-refractivity contribution in [3.63, 3.8) is 0 Å². The Hall–Kier alpha value is -2.86. The number of hydrogen-bond donors (Lipinski definition) is 1. The maximum atomic E-state index is 12.7. The third-order valence-electron chi connectivity index (χ3n) is 5.39. The Labute approximate surface area is 157 Å². The van der Waals surface area contributed by atoms with Crippen molar-refractivity contribution >= 4 is 17.4 Å². The van der Waals surface area contributed by atoms with Crippen LogP contribution in [0, 0.1) is 0 Å². The third kappa shape index (κ3) is 2.86. The van der Waals surface area contributed by atoms with Gasteiger partial charge in [0.15, 0.2) is 5.78 Å². The summed E-state index contributed by atoms with van der Waals surface area (Å²) < 4.78 is 10.8. The van der Waals surface area contributed by atoms with Crippen molar-refractivity contribution in [2.24, 2.45) is 0 Å². The van der Waals surface area contributed by atoms with Crippen molar-refractivity contribution < 1.29 is 24.2 Å². The summed E-state index contributed by atoms with van der Waals surface area (Å²) in [5, 5.41) is 9.74. The third-order valence-corrected chi connectivity index (χ3v) is 5.39. The maximum absolute atomic E-state index is 12.7. The van der Waals surface area contributed by atoms with Crippen LogP contribution in [-0.2, 0) is 4.79 Å². The number of amides is 1. The van der Waals surface area contributed by atoms with Gasteiger partial charge in [0.2, 0.25) is 0 Å². The first-order valence-corrected chi connectivity index (χ1v) is 8.92. The summed E-state index contributed by atoms with van der Waals surface area (Å²) in [5.74, 6) is 0.940. The first-order valence-electron chi connectivity index (χ1n) is 8.92. The van der Waals surface area contributed by atoms with Crippen LogP contribution in [0.3, 0.4) is 0 Å². The molecule has 1 heterocycles. The van der Waals surface area contributed by atoms with Gasteiger partial charge in [-0.3, -0.25) is 9.59 Å². The second kappa shape index (κ2) is 6.70. The number of ketones is 1. The number of rotatable bonds is 4. The molecule has 0 saturated carbocycles. The van der Waals surface area contributed by atoms with E-state index >= 15 is 0 Å². The Morgan fingerprint density at radius 1 is 1.07 bits per heavy atom. The van der Waals surface area contributed by atoms with E-state index in [0.29, 0.717) is 36.4 Å². The number of fused-ring (bicyclic) bond motifs is 1. The summed E-state index contributed by atoms with van der Waals surface area (Å²) in [6.45, 7) is 0.429. The van der Waals surface area contributed by atoms with Crippen LogP contribution < -0.4 is 14.4 Å². The summed E-state index contributed by atoms with van der Waals surface area (Å²) in [5.41, 5.74) is 3.04. The van der Waals surface area contributed by atoms with Crippen LogP contribution in [0.2, 0.25) is 0 Å². The number of Topliss-reactive ketones (excluding diaryl/α,β-unsaturated/α-hetero) is 1. The molecule has 4 rings (SSSR count). The lowest BCUT2D eigenvalue weighted by Crippen LogP contribution is -2.29. The molecular weight excluding hydrogens is 346 g/mol. The van der Waals surface area contributed by atoms with Crippen LogP contribution in [0.1, 0.15) is 40.2 Å². The van der Waals surface area contributed by atoms with Crippen molar-refractivity contribution in [2.45, 2.75) is 24.9 Å². The number of carbonyl (C=O) groups excluding carboxylic acids is 2. The van der Waals surface area contributed by atoms with Gasteiger partial charge in [0.1, 0.15) is 17.6 Å². The van der Waals surface area contributed by atoms with Crippen molar-refractivity contribution in [1.29, 1.82) is 0 Å². The maximum Gasteiger partial charge on any atom is 0.255 e. The number of carbonyl (C=O) groups is 2. The number of methoxy groups -OCH3 is 2. The molecule has 1 aliphatic heterocycles. The molecule has 1 aliphatic carbocycles. The summed E-state index contributed by atoms with van der Waals surface area (Å²) in [7, 11) is 3.18. The SMILES string of the molecule is COc1ccc(C2CC(=O)c3cc(N4CCC(O)C4=O)cc(OC)c32)cc1. The number of anilines is 1. The van der Waals surface area contributed by atoms with Crippen molar-refractivity contribution in [3.05, 3.63) is 53.1 Å². The van der Waals surface area contributed by atoms with Crippen LogP contribution in [0.5, 0.6) is 11.5 Å². The molecule has 2 aliphatic rings. The van der Waals surface area contributed by atoms with E-state index in [0.717, 1.165) is 16.9 Å². The van der Waals surface area contributed by atoms with Gasteiger partial charge in [-0.25, -0.2) is 0 Å². The fourth-order valence-corrected chi connectivity index (χ4v) is 3.97. The van der Waals surface area contributed by atoms with E-state index in [1.165, 1.54) is 4.90 Å². The molecule has 1 saturated heterocycles. The molecule has 6 heteroatoms. The Morgan fingerprint density at radius 2 is 1.81 bits per heavy atom. The minimum absolute atomic E-state index is 0.0261. The summed E-state index contributed by atoms with van der Waals surface area (Å²) in [6.07, 6.45) is -0.231. The lowest BCUT2D eigenvalue weighted by atomic mass is 9.92. The topological polar surface area (TPSA) is 76.1 Å². The molecule has 140 valence electrons. The highest BCUT2D eigenvalue weighted by molar-refractivity contribution is 6.05. The zero-order chi connectivity index (χ0) is 19.1. The van der Waals surface area contributed by atoms with Crippen molar-refractivity contribution in [3.8, 4) is 11.5 Å². The van der Waals surface area contributed by atoms with Gasteiger partial charge in [-0.15, -0.1) is 0 Å². The van der Waals surface area contributed by atoms with Gasteiger partial charge in [-0.2, -0.15) is 0 Å². The lowest BCUT2D eigenvalue weighted by Gasteiger charge is -2.20. The Bertz CT molecular complexity index is 906. The fourth-order valence-electron chi connectivity index (χ4n) is 3.97. The molecule has 6 nitrogen and oxygen atoms in total. The molecule has 2 aromatic carbocycles. The van der Waals surface area contributed by atoms with E-state index in [4.69, 9.17) is 9.47 Å². The second-order valence-electron chi connectivity index (χ2n) is 6.86. The number of aliphatic hydroxyl groups excluding tert-OH is 1. The van der Waals surface area contributed by atoms with Crippen LogP contribution in [0.25, 0.3) is 0 Å². The zero-order valence-corrected chi connectivity index (χ0v) is 15.3. The molecule has 0 radical (unpaired) electrons. The van der Waals surface area contributed by atoms with Crippen LogP contribution in [0.4, 0.5) is 5.69 Å². The van der Waals surface area contributed by atoms with E-state index < -0.39 is 6.10 Å². The van der Waals surface area contributed by atoms with E-state index in [1.54, 1.807) is 26.4 Å². The van der Waals surface area contributed by atoms with Crippen LogP contribution >= 0.6 is 0 Å². The summed E-state index contributed by atoms with van der Waals surface area (Å²) in [4.78, 5) is 26.4. The predicted octanol–water partition coefficient (Wildman–Crippen LogP) is 2.52. The highest BCUT2D eigenvalue weighted by Gasteiger charge is 2.37. The average molecular weight is 367 g/mol. The van der Waals surface area contributed by atoms with Crippen LogP contribution in [0.15, 0.2) is 36.4 Å². The molecule has 0 spiro atoms. The standard InChI is InChI=1S/C21H21NO5/c1-26-14-5-3-12(4-6-14)15-11-18(24)16-9-13(10-19(27-2)20(15)16)22-8-7-17(23)21(22)25/h3-6,9-10,15,17,23H,7-8,11H2,1-2H3. The van der Waals surface area contributed by atoms with E-state index in [9.17, 15) is 14.7 Å². The van der Waals surface area contributed by atoms with Gasteiger partial charge in [0.25, 0.3) is 5.91 Å². The van der Waals surface area contributed by atoms with E-state index in [2.05, 4.69) is 0 Å². The zero-order valence-electron chi connectivity index (χ0n) is 15.3. The molecule has 0 bridgehead atoms. The number of benzene rings is 2. The Kier molecular flexibility index (Phi) is 4.36. The number of ether oxygens (including phenoxy) is 2. The largest absolute Gasteiger partial charge is 0.497 e. The first kappa shape index (κ1) is 17.5. The van der Waals surface area contributed by atoms with Crippen molar-refractivity contribution in [2.75, 3.05) is 25.7 Å². The fraction of sp³-hybridized carbons (Fsp3) is 0.333. The van der Waals surface area contributed by atoms with Gasteiger partial charge >= 0.3 is 0 Å². The average Bonchev–Trinajstić information content (AvgIpc) is 3.21. The van der Waals surface area contributed by atoms with E-state index in [-0.39, 0.29) is 17.6 Å². The van der Waals surface area contributed by atoms with Gasteiger partial charge in [-0.1, -0.05) is 12.1 Å². The lowest BCUT2D eigenvalue weighted by molar-refractivity contribution is -0.123. The minimum atomic E-state index is -0.980. The predicted molar refractivity (Wildman–Crippen MR) is 99.8 cm³/mol. The smallest absolute Gasteiger partial charge is 0.255 e.